The van der Waals surface area contributed by atoms with Crippen molar-refractivity contribution in [3.63, 3.8) is 0 Å². The molecule has 2 heterocycles. The molecule has 1 unspecified atom stereocenters. The second kappa shape index (κ2) is 7.63. The third kappa shape index (κ3) is 3.79. The van der Waals surface area contributed by atoms with Crippen LogP contribution >= 0.6 is 0 Å². The molecule has 1 aliphatic carbocycles. The summed E-state index contributed by atoms with van der Waals surface area (Å²) in [5.41, 5.74) is 2.07. The topological polar surface area (TPSA) is 67.3 Å². The molecule has 158 valence electrons. The molecule has 2 aromatic rings. The molecule has 0 bridgehead atoms. The first kappa shape index (κ1) is 20.7. The number of hydrogen-bond donors (Lipinski definition) is 0. The molecule has 1 aromatic carbocycles. The largest absolute Gasteiger partial charge is 0.417 e. The fourth-order valence-corrected chi connectivity index (χ4v) is 5.33. The molecule has 1 atom stereocenters. The number of rotatable bonds is 4. The minimum atomic E-state index is -4.45. The predicted octanol–water partition coefficient (Wildman–Crippen LogP) is 3.81. The molecule has 0 fully saturated rings. The van der Waals surface area contributed by atoms with Crippen LogP contribution < -0.4 is 0 Å². The van der Waals surface area contributed by atoms with Gasteiger partial charge in [-0.15, -0.1) is 0 Å². The van der Waals surface area contributed by atoms with Gasteiger partial charge in [-0.05, 0) is 60.2 Å². The molecule has 1 aliphatic heterocycles. The number of sulfonamides is 1. The number of aldehydes is 1. The maximum atomic E-state index is 13.0. The molecule has 2 aliphatic rings. The van der Waals surface area contributed by atoms with E-state index in [4.69, 9.17) is 0 Å². The van der Waals surface area contributed by atoms with Crippen molar-refractivity contribution in [3.05, 3.63) is 65.0 Å². The van der Waals surface area contributed by atoms with Gasteiger partial charge in [-0.3, -0.25) is 4.98 Å². The van der Waals surface area contributed by atoms with Crippen LogP contribution in [-0.4, -0.2) is 37.1 Å². The summed E-state index contributed by atoms with van der Waals surface area (Å²) in [5.74, 6) is -0.270. The molecule has 0 spiro atoms. The molecule has 0 saturated carbocycles. The van der Waals surface area contributed by atoms with E-state index in [2.05, 4.69) is 4.98 Å². The molecule has 0 amide bonds. The summed E-state index contributed by atoms with van der Waals surface area (Å²) in [5, 5.41) is 0. The van der Waals surface area contributed by atoms with E-state index in [1.165, 1.54) is 10.4 Å². The minimum Gasteiger partial charge on any atom is -0.303 e. The normalized spacial score (nSPS) is 20.0. The van der Waals surface area contributed by atoms with Crippen LogP contribution in [0.25, 0.3) is 5.57 Å². The van der Waals surface area contributed by atoms with Crippen LogP contribution in [0.4, 0.5) is 13.2 Å². The van der Waals surface area contributed by atoms with Gasteiger partial charge in [-0.2, -0.15) is 17.5 Å². The van der Waals surface area contributed by atoms with E-state index in [9.17, 15) is 26.4 Å². The van der Waals surface area contributed by atoms with Gasteiger partial charge in [0.15, 0.2) is 0 Å². The number of carbonyl (C=O) groups is 1. The number of aromatic nitrogens is 1. The van der Waals surface area contributed by atoms with Gasteiger partial charge in [0.25, 0.3) is 0 Å². The minimum absolute atomic E-state index is 0.106. The number of hydrogen-bond acceptors (Lipinski definition) is 4. The first-order valence-electron chi connectivity index (χ1n) is 9.51. The molecular weight excluding hydrogens is 417 g/mol. The van der Waals surface area contributed by atoms with Crippen LogP contribution in [0.2, 0.25) is 0 Å². The van der Waals surface area contributed by atoms with Gasteiger partial charge in [0, 0.05) is 25.2 Å². The van der Waals surface area contributed by atoms with Crippen LogP contribution in [0.1, 0.15) is 41.1 Å². The van der Waals surface area contributed by atoms with Crippen molar-refractivity contribution in [1.29, 1.82) is 0 Å². The Bertz CT molecular complexity index is 1110. The standard InChI is InChI=1S/C21H19F3N2O3S/c22-21(23,24)17-4-6-20(25-12-17)15-7-9-26(10-8-15)30(28,29)18-5-3-14-1-2-16(13-27)19(14)11-18/h3-7,11-13,16H,1-2,8-10H2. The quantitative estimate of drug-likeness (QED) is 0.684. The van der Waals surface area contributed by atoms with E-state index in [0.717, 1.165) is 36.1 Å². The summed E-state index contributed by atoms with van der Waals surface area (Å²) in [6.45, 7) is 0.305. The Morgan fingerprint density at radius 1 is 1.13 bits per heavy atom. The van der Waals surface area contributed by atoms with Gasteiger partial charge in [0.05, 0.1) is 16.2 Å². The van der Waals surface area contributed by atoms with E-state index in [0.29, 0.717) is 24.1 Å². The van der Waals surface area contributed by atoms with E-state index < -0.39 is 21.8 Å². The van der Waals surface area contributed by atoms with Crippen LogP contribution in [0.15, 0.2) is 47.5 Å². The van der Waals surface area contributed by atoms with E-state index in [1.54, 1.807) is 24.3 Å². The molecule has 9 heteroatoms. The maximum absolute atomic E-state index is 13.0. The van der Waals surface area contributed by atoms with E-state index in [-0.39, 0.29) is 23.9 Å². The van der Waals surface area contributed by atoms with Crippen molar-refractivity contribution in [2.24, 2.45) is 0 Å². The zero-order valence-electron chi connectivity index (χ0n) is 15.9. The summed E-state index contributed by atoms with van der Waals surface area (Å²) in [6, 6.07) is 7.20. The number of benzene rings is 1. The summed E-state index contributed by atoms with van der Waals surface area (Å²) in [4.78, 5) is 15.3. The Balaban J connectivity index is 1.53. The number of aryl methyl sites for hydroxylation is 1. The van der Waals surface area contributed by atoms with Gasteiger partial charge in [-0.25, -0.2) is 8.42 Å². The van der Waals surface area contributed by atoms with Crippen molar-refractivity contribution < 1.29 is 26.4 Å². The van der Waals surface area contributed by atoms with Gasteiger partial charge < -0.3 is 4.79 Å². The highest BCUT2D eigenvalue weighted by Gasteiger charge is 2.32. The lowest BCUT2D eigenvalue weighted by Gasteiger charge is -2.26. The van der Waals surface area contributed by atoms with Crippen LogP contribution in [0.5, 0.6) is 0 Å². The molecule has 0 saturated heterocycles. The molecule has 5 nitrogen and oxygen atoms in total. The fraction of sp³-hybridized carbons (Fsp3) is 0.333. The number of fused-ring (bicyclic) bond motifs is 1. The Hall–Kier alpha value is -2.52. The van der Waals surface area contributed by atoms with E-state index >= 15 is 0 Å². The third-order valence-electron chi connectivity index (χ3n) is 5.64. The number of pyridine rings is 1. The fourth-order valence-electron chi connectivity index (χ4n) is 3.92. The smallest absolute Gasteiger partial charge is 0.303 e. The Labute approximate surface area is 172 Å². The number of nitrogens with zero attached hydrogens (tertiary/aromatic N) is 2. The Kier molecular flexibility index (Phi) is 5.27. The molecule has 4 rings (SSSR count). The zero-order chi connectivity index (χ0) is 21.5. The van der Waals surface area contributed by atoms with Crippen molar-refractivity contribution in [3.8, 4) is 0 Å². The number of alkyl halides is 3. The summed E-state index contributed by atoms with van der Waals surface area (Å²) >= 11 is 0. The average Bonchev–Trinajstić information content (AvgIpc) is 3.16. The summed E-state index contributed by atoms with van der Waals surface area (Å²) < 4.78 is 65.5. The highest BCUT2D eigenvalue weighted by atomic mass is 32.2. The SMILES string of the molecule is O=CC1CCc2ccc(S(=O)(=O)N3CC=C(c4ccc(C(F)(F)F)cn4)CC3)cc21. The average molecular weight is 436 g/mol. The van der Waals surface area contributed by atoms with Crippen molar-refractivity contribution in [1.82, 2.24) is 9.29 Å². The highest BCUT2D eigenvalue weighted by Crippen LogP contribution is 2.35. The second-order valence-electron chi connectivity index (χ2n) is 7.41. The number of carbonyl (C=O) groups excluding carboxylic acids is 1. The molecule has 30 heavy (non-hydrogen) atoms. The first-order chi connectivity index (χ1) is 14.2. The van der Waals surface area contributed by atoms with Crippen molar-refractivity contribution in [2.45, 2.75) is 36.3 Å². The lowest BCUT2D eigenvalue weighted by Crippen LogP contribution is -2.34. The predicted molar refractivity (Wildman–Crippen MR) is 104 cm³/mol. The summed E-state index contributed by atoms with van der Waals surface area (Å²) in [7, 11) is -3.74. The molecule has 0 radical (unpaired) electrons. The monoisotopic (exact) mass is 436 g/mol. The Morgan fingerprint density at radius 2 is 1.93 bits per heavy atom. The van der Waals surface area contributed by atoms with Gasteiger partial charge in [0.2, 0.25) is 10.0 Å². The van der Waals surface area contributed by atoms with E-state index in [1.807, 2.05) is 0 Å². The lowest BCUT2D eigenvalue weighted by atomic mass is 10.0. The van der Waals surface area contributed by atoms with Gasteiger partial charge >= 0.3 is 6.18 Å². The molecular formula is C21H19F3N2O3S. The number of halogens is 3. The molecule has 0 N–H and O–H groups in total. The van der Waals surface area contributed by atoms with Crippen LogP contribution in [0.3, 0.4) is 0 Å². The van der Waals surface area contributed by atoms with Crippen molar-refractivity contribution in [2.75, 3.05) is 13.1 Å². The third-order valence-corrected chi connectivity index (χ3v) is 7.50. The van der Waals surface area contributed by atoms with Crippen LogP contribution in [0, 0.1) is 0 Å². The van der Waals surface area contributed by atoms with Gasteiger partial charge in [-0.1, -0.05) is 12.1 Å². The van der Waals surface area contributed by atoms with Crippen molar-refractivity contribution >= 4 is 21.9 Å². The van der Waals surface area contributed by atoms with Crippen LogP contribution in [-0.2, 0) is 27.4 Å². The maximum Gasteiger partial charge on any atom is 0.417 e. The zero-order valence-corrected chi connectivity index (χ0v) is 16.7. The second-order valence-corrected chi connectivity index (χ2v) is 9.35. The first-order valence-corrected chi connectivity index (χ1v) is 10.9. The summed E-state index contributed by atoms with van der Waals surface area (Å²) in [6.07, 6.45) is 0.670. The highest BCUT2D eigenvalue weighted by molar-refractivity contribution is 7.89. The van der Waals surface area contributed by atoms with Gasteiger partial charge in [0.1, 0.15) is 6.29 Å². The lowest BCUT2D eigenvalue weighted by molar-refractivity contribution is -0.137. The molecule has 1 aromatic heterocycles. The Morgan fingerprint density at radius 3 is 2.53 bits per heavy atom.